The number of nitrogen functional groups attached to an aromatic ring is 1. The molecule has 0 unspecified atom stereocenters. The van der Waals surface area contributed by atoms with Crippen molar-refractivity contribution in [3.05, 3.63) is 34.7 Å². The molecule has 2 aromatic rings. The van der Waals surface area contributed by atoms with E-state index in [2.05, 4.69) is 17.2 Å². The summed E-state index contributed by atoms with van der Waals surface area (Å²) in [6, 6.07) is 8.00. The van der Waals surface area contributed by atoms with Gasteiger partial charge in [0.25, 0.3) is 5.91 Å². The third-order valence-corrected chi connectivity index (χ3v) is 4.71. The number of hydrazine groups is 1. The number of thiophene rings is 1. The number of nitrogens with zero attached hydrogens (tertiary/aromatic N) is 1. The van der Waals surface area contributed by atoms with Crippen molar-refractivity contribution in [2.75, 3.05) is 19.7 Å². The van der Waals surface area contributed by atoms with E-state index in [9.17, 15) is 4.79 Å². The predicted molar refractivity (Wildman–Crippen MR) is 86.1 cm³/mol. The minimum atomic E-state index is -0.246. The molecule has 0 spiro atoms. The first kappa shape index (κ1) is 15.9. The van der Waals surface area contributed by atoms with Crippen molar-refractivity contribution in [1.29, 1.82) is 0 Å². The van der Waals surface area contributed by atoms with E-state index in [4.69, 9.17) is 10.9 Å². The molecule has 114 valence electrons. The molecule has 2 rings (SSSR count). The number of nitrogens with one attached hydrogen (secondary N) is 1. The van der Waals surface area contributed by atoms with Crippen LogP contribution in [-0.4, -0.2) is 35.6 Å². The number of aliphatic hydroxyl groups excluding tert-OH is 1. The Labute approximate surface area is 128 Å². The van der Waals surface area contributed by atoms with Crippen molar-refractivity contribution in [1.82, 2.24) is 10.3 Å². The zero-order valence-electron chi connectivity index (χ0n) is 12.1. The highest BCUT2D eigenvalue weighted by atomic mass is 32.1. The first-order valence-electron chi connectivity index (χ1n) is 7.05. The van der Waals surface area contributed by atoms with Gasteiger partial charge in [-0.25, -0.2) is 5.84 Å². The average Bonchev–Trinajstić information content (AvgIpc) is 2.89. The average molecular weight is 307 g/mol. The molecule has 0 atom stereocenters. The summed E-state index contributed by atoms with van der Waals surface area (Å²) in [6.45, 7) is 4.61. The Bertz CT molecular complexity index is 612. The first-order valence-corrected chi connectivity index (χ1v) is 7.87. The maximum atomic E-state index is 12.0. The van der Waals surface area contributed by atoms with E-state index in [0.717, 1.165) is 35.2 Å². The summed E-state index contributed by atoms with van der Waals surface area (Å²) in [5.41, 5.74) is 3.24. The first-order chi connectivity index (χ1) is 10.2. The van der Waals surface area contributed by atoms with E-state index < -0.39 is 0 Å². The van der Waals surface area contributed by atoms with Crippen LogP contribution in [-0.2, 0) is 6.54 Å². The van der Waals surface area contributed by atoms with E-state index in [1.807, 2.05) is 24.3 Å². The largest absolute Gasteiger partial charge is 0.396 e. The van der Waals surface area contributed by atoms with E-state index in [0.29, 0.717) is 11.4 Å². The van der Waals surface area contributed by atoms with Gasteiger partial charge in [-0.2, -0.15) is 0 Å². The molecule has 0 saturated carbocycles. The number of fused-ring (bicyclic) bond motifs is 1. The molecule has 1 amide bonds. The molecule has 0 bridgehead atoms. The molecular formula is C15H21N3O2S. The lowest BCUT2D eigenvalue weighted by Crippen LogP contribution is -2.31. The van der Waals surface area contributed by atoms with Crippen LogP contribution in [0.4, 0.5) is 0 Å². The van der Waals surface area contributed by atoms with Crippen LogP contribution in [0.5, 0.6) is 0 Å². The molecule has 0 aliphatic carbocycles. The molecule has 0 fully saturated rings. The standard InChI is InChI=1S/C15H21N3O2S/c1-2-18(8-5-9-19)10-12-11-6-3-4-7-13(11)21-14(12)15(20)17-16/h3-4,6-7,19H,2,5,8-10,16H2,1H3,(H,17,20). The number of benzene rings is 1. The summed E-state index contributed by atoms with van der Waals surface area (Å²) in [5, 5.41) is 10.1. The predicted octanol–water partition coefficient (Wildman–Crippen LogP) is 1.71. The minimum absolute atomic E-state index is 0.178. The van der Waals surface area contributed by atoms with Crippen LogP contribution in [0.2, 0.25) is 0 Å². The second-order valence-electron chi connectivity index (χ2n) is 4.83. The molecule has 1 heterocycles. The highest BCUT2D eigenvalue weighted by Gasteiger charge is 2.19. The fraction of sp³-hybridized carbons (Fsp3) is 0.400. The number of amides is 1. The molecule has 21 heavy (non-hydrogen) atoms. The summed E-state index contributed by atoms with van der Waals surface area (Å²) >= 11 is 1.46. The normalized spacial score (nSPS) is 11.2. The van der Waals surface area contributed by atoms with Crippen molar-refractivity contribution in [3.8, 4) is 0 Å². The monoisotopic (exact) mass is 307 g/mol. The highest BCUT2D eigenvalue weighted by Crippen LogP contribution is 2.32. The topological polar surface area (TPSA) is 78.6 Å². The van der Waals surface area contributed by atoms with E-state index >= 15 is 0 Å². The molecule has 0 saturated heterocycles. The summed E-state index contributed by atoms with van der Waals surface area (Å²) in [5.74, 6) is 5.05. The van der Waals surface area contributed by atoms with Gasteiger partial charge in [0.15, 0.2) is 0 Å². The van der Waals surface area contributed by atoms with Gasteiger partial charge in [-0.3, -0.25) is 15.1 Å². The van der Waals surface area contributed by atoms with Gasteiger partial charge in [0.05, 0.1) is 4.88 Å². The summed E-state index contributed by atoms with van der Waals surface area (Å²) in [6.07, 6.45) is 0.730. The molecule has 1 aromatic heterocycles. The van der Waals surface area contributed by atoms with Crippen LogP contribution in [0.15, 0.2) is 24.3 Å². The second kappa shape index (κ2) is 7.51. The van der Waals surface area contributed by atoms with Gasteiger partial charge in [-0.15, -0.1) is 11.3 Å². The molecular weight excluding hydrogens is 286 g/mol. The van der Waals surface area contributed by atoms with E-state index in [-0.39, 0.29) is 12.5 Å². The van der Waals surface area contributed by atoms with Gasteiger partial charge in [-0.1, -0.05) is 25.1 Å². The van der Waals surface area contributed by atoms with Gasteiger partial charge in [0.2, 0.25) is 0 Å². The number of hydrogen-bond acceptors (Lipinski definition) is 5. The van der Waals surface area contributed by atoms with Gasteiger partial charge in [-0.05, 0) is 30.0 Å². The van der Waals surface area contributed by atoms with Gasteiger partial charge < -0.3 is 5.11 Å². The molecule has 0 radical (unpaired) electrons. The maximum absolute atomic E-state index is 12.0. The minimum Gasteiger partial charge on any atom is -0.396 e. The Balaban J connectivity index is 2.37. The smallest absolute Gasteiger partial charge is 0.275 e. The molecule has 4 N–H and O–H groups in total. The quantitative estimate of drug-likeness (QED) is 0.413. The maximum Gasteiger partial charge on any atom is 0.275 e. The number of carbonyl (C=O) groups is 1. The van der Waals surface area contributed by atoms with Crippen LogP contribution < -0.4 is 11.3 Å². The van der Waals surface area contributed by atoms with Crippen molar-refractivity contribution in [2.24, 2.45) is 5.84 Å². The lowest BCUT2D eigenvalue weighted by atomic mass is 10.1. The Morgan fingerprint density at radius 2 is 2.19 bits per heavy atom. The summed E-state index contributed by atoms with van der Waals surface area (Å²) in [7, 11) is 0. The van der Waals surface area contributed by atoms with Crippen molar-refractivity contribution in [3.63, 3.8) is 0 Å². The molecule has 6 heteroatoms. The van der Waals surface area contributed by atoms with E-state index in [1.54, 1.807) is 0 Å². The van der Waals surface area contributed by atoms with Crippen molar-refractivity contribution >= 4 is 27.3 Å². The zero-order chi connectivity index (χ0) is 15.2. The van der Waals surface area contributed by atoms with Gasteiger partial charge in [0.1, 0.15) is 0 Å². The fourth-order valence-corrected chi connectivity index (χ4v) is 3.49. The zero-order valence-corrected chi connectivity index (χ0v) is 12.9. The third-order valence-electron chi connectivity index (χ3n) is 3.50. The van der Waals surface area contributed by atoms with Gasteiger partial charge >= 0.3 is 0 Å². The van der Waals surface area contributed by atoms with Crippen LogP contribution in [0.3, 0.4) is 0 Å². The number of carbonyl (C=O) groups excluding carboxylic acids is 1. The van der Waals surface area contributed by atoms with Crippen LogP contribution in [0, 0.1) is 0 Å². The molecule has 5 nitrogen and oxygen atoms in total. The van der Waals surface area contributed by atoms with Gasteiger partial charge in [0, 0.05) is 24.4 Å². The Morgan fingerprint density at radius 1 is 1.43 bits per heavy atom. The Morgan fingerprint density at radius 3 is 2.86 bits per heavy atom. The molecule has 0 aliphatic heterocycles. The third kappa shape index (κ3) is 3.59. The highest BCUT2D eigenvalue weighted by molar-refractivity contribution is 7.21. The number of nitrogens with two attached hydrogens (primary N) is 1. The Kier molecular flexibility index (Phi) is 5.69. The SMILES string of the molecule is CCN(CCCO)Cc1c(C(=O)NN)sc2ccccc12. The second-order valence-corrected chi connectivity index (χ2v) is 5.88. The lowest BCUT2D eigenvalue weighted by molar-refractivity contribution is 0.0955. The van der Waals surface area contributed by atoms with Crippen molar-refractivity contribution in [2.45, 2.75) is 19.9 Å². The van der Waals surface area contributed by atoms with Crippen LogP contribution in [0.1, 0.15) is 28.6 Å². The number of hydrogen-bond donors (Lipinski definition) is 3. The van der Waals surface area contributed by atoms with Crippen LogP contribution in [0.25, 0.3) is 10.1 Å². The summed E-state index contributed by atoms with van der Waals surface area (Å²) < 4.78 is 1.09. The summed E-state index contributed by atoms with van der Waals surface area (Å²) in [4.78, 5) is 14.9. The lowest BCUT2D eigenvalue weighted by Gasteiger charge is -2.20. The fourth-order valence-electron chi connectivity index (χ4n) is 2.37. The van der Waals surface area contributed by atoms with E-state index in [1.165, 1.54) is 11.3 Å². The number of rotatable bonds is 7. The molecule has 0 aliphatic rings. The van der Waals surface area contributed by atoms with Crippen LogP contribution >= 0.6 is 11.3 Å². The Hall–Kier alpha value is -1.47. The molecule has 1 aromatic carbocycles. The number of aliphatic hydroxyl groups is 1. The van der Waals surface area contributed by atoms with Crippen molar-refractivity contribution < 1.29 is 9.90 Å².